The normalized spacial score (nSPS) is 23.6. The third-order valence-electron chi connectivity index (χ3n) is 5.38. The molecule has 0 aromatic heterocycles. The second kappa shape index (κ2) is 8.89. The molecule has 0 N–H and O–H groups in total. The Balaban J connectivity index is 2.06. The third kappa shape index (κ3) is 5.73. The van der Waals surface area contributed by atoms with E-state index in [1.165, 1.54) is 0 Å². The minimum absolute atomic E-state index is 0.306. The number of rotatable bonds is 7. The summed E-state index contributed by atoms with van der Waals surface area (Å²) in [5.41, 5.74) is 0.344. The van der Waals surface area contributed by atoms with Crippen molar-refractivity contribution in [2.24, 2.45) is 0 Å². The second-order valence-electron chi connectivity index (χ2n) is 7.23. The van der Waals surface area contributed by atoms with Crippen LogP contribution in [0.3, 0.4) is 0 Å². The molecule has 0 aliphatic carbocycles. The van der Waals surface area contributed by atoms with Crippen molar-refractivity contribution in [3.8, 4) is 0 Å². The Morgan fingerprint density at radius 1 is 1.27 bits per heavy atom. The molecule has 0 radical (unpaired) electrons. The predicted octanol–water partition coefficient (Wildman–Crippen LogP) is 4.92. The number of nitrogens with zero attached hydrogens (tertiary/aromatic N) is 1. The van der Waals surface area contributed by atoms with Crippen molar-refractivity contribution >= 4 is 5.97 Å². The Kier molecular flexibility index (Phi) is 7.09. The Morgan fingerprint density at radius 2 is 1.92 bits per heavy atom. The first-order valence-corrected chi connectivity index (χ1v) is 9.25. The summed E-state index contributed by atoms with van der Waals surface area (Å²) < 4.78 is 44.5. The second-order valence-corrected chi connectivity index (χ2v) is 7.23. The maximum atomic E-state index is 13.0. The molecule has 1 saturated heterocycles. The number of hydrogen-bond donors (Lipinski definition) is 0. The first-order chi connectivity index (χ1) is 12.2. The Bertz CT molecular complexity index is 576. The van der Waals surface area contributed by atoms with Gasteiger partial charge < -0.3 is 9.64 Å². The van der Waals surface area contributed by atoms with Crippen molar-refractivity contribution in [3.63, 3.8) is 0 Å². The highest BCUT2D eigenvalue weighted by molar-refractivity contribution is 5.78. The van der Waals surface area contributed by atoms with Crippen LogP contribution in [0.4, 0.5) is 13.2 Å². The molecule has 1 aliphatic rings. The van der Waals surface area contributed by atoms with Gasteiger partial charge >= 0.3 is 12.1 Å². The van der Waals surface area contributed by atoms with Crippen molar-refractivity contribution in [1.82, 2.24) is 4.90 Å². The van der Waals surface area contributed by atoms with Crippen LogP contribution in [0.1, 0.15) is 57.4 Å². The molecule has 26 heavy (non-hydrogen) atoms. The van der Waals surface area contributed by atoms with Gasteiger partial charge in [0.2, 0.25) is 0 Å². The summed E-state index contributed by atoms with van der Waals surface area (Å²) in [7, 11) is 2.05. The van der Waals surface area contributed by atoms with E-state index >= 15 is 0 Å². The number of halogens is 3. The molecule has 0 saturated carbocycles. The molecule has 1 heterocycles. The third-order valence-corrected chi connectivity index (χ3v) is 5.38. The average Bonchev–Trinajstić information content (AvgIpc) is 2.91. The minimum atomic E-state index is -4.43. The van der Waals surface area contributed by atoms with E-state index in [2.05, 4.69) is 11.8 Å². The monoisotopic (exact) mass is 371 g/mol. The standard InChI is InChI=1S/C20H28F3NO2/c1-4-17(12-16-11-10-14(2)24(16)3)26-19(25)18(13-20(21,22)23)15-8-6-5-7-9-15/h5-9,14,16-18H,4,10-13H2,1-3H3/t14-,16-,17-,18?/m1/s1. The van der Waals surface area contributed by atoms with Crippen LogP contribution >= 0.6 is 0 Å². The SMILES string of the molecule is CC[C@H](C[C@H]1CC[C@@H](C)N1C)OC(=O)C(CC(F)(F)F)c1ccccc1. The summed E-state index contributed by atoms with van der Waals surface area (Å²) in [6.07, 6.45) is -2.62. The zero-order valence-corrected chi connectivity index (χ0v) is 15.6. The summed E-state index contributed by atoms with van der Waals surface area (Å²) in [5, 5.41) is 0. The highest BCUT2D eigenvalue weighted by Gasteiger charge is 2.38. The molecule has 0 amide bonds. The topological polar surface area (TPSA) is 29.5 Å². The van der Waals surface area contributed by atoms with Gasteiger partial charge in [-0.05, 0) is 45.2 Å². The molecule has 1 aliphatic heterocycles. The molecule has 1 aromatic carbocycles. The van der Waals surface area contributed by atoms with Crippen molar-refractivity contribution in [2.45, 2.75) is 76.2 Å². The van der Waals surface area contributed by atoms with Crippen LogP contribution in [0.2, 0.25) is 0 Å². The summed E-state index contributed by atoms with van der Waals surface area (Å²) in [5.74, 6) is -2.10. The first-order valence-electron chi connectivity index (χ1n) is 9.25. The van der Waals surface area contributed by atoms with Crippen molar-refractivity contribution in [3.05, 3.63) is 35.9 Å². The highest BCUT2D eigenvalue weighted by atomic mass is 19.4. The lowest BCUT2D eigenvalue weighted by Gasteiger charge is -2.28. The fourth-order valence-corrected chi connectivity index (χ4v) is 3.59. The number of benzene rings is 1. The van der Waals surface area contributed by atoms with Crippen molar-refractivity contribution < 1.29 is 22.7 Å². The number of hydrogen-bond acceptors (Lipinski definition) is 3. The van der Waals surface area contributed by atoms with Gasteiger partial charge in [-0.25, -0.2) is 0 Å². The summed E-state index contributed by atoms with van der Waals surface area (Å²) >= 11 is 0. The maximum Gasteiger partial charge on any atom is 0.390 e. The molecule has 6 heteroatoms. The number of carbonyl (C=O) groups is 1. The van der Waals surface area contributed by atoms with E-state index in [4.69, 9.17) is 4.74 Å². The first kappa shape index (κ1) is 20.7. The summed E-state index contributed by atoms with van der Waals surface area (Å²) in [6.45, 7) is 4.05. The molecule has 1 unspecified atom stereocenters. The molecule has 146 valence electrons. The molecule has 2 rings (SSSR count). The van der Waals surface area contributed by atoms with E-state index in [1.807, 2.05) is 14.0 Å². The molecule has 0 bridgehead atoms. The fraction of sp³-hybridized carbons (Fsp3) is 0.650. The largest absolute Gasteiger partial charge is 0.462 e. The van der Waals surface area contributed by atoms with E-state index in [-0.39, 0.29) is 6.10 Å². The van der Waals surface area contributed by atoms with Gasteiger partial charge in [-0.3, -0.25) is 4.79 Å². The number of ether oxygens (including phenoxy) is 1. The zero-order chi connectivity index (χ0) is 19.3. The molecule has 3 nitrogen and oxygen atoms in total. The number of esters is 1. The van der Waals surface area contributed by atoms with Crippen LogP contribution in [0.5, 0.6) is 0 Å². The molecule has 0 spiro atoms. The number of carbonyl (C=O) groups excluding carboxylic acids is 1. The van der Waals surface area contributed by atoms with Gasteiger partial charge in [0.05, 0.1) is 12.3 Å². The van der Waals surface area contributed by atoms with Crippen LogP contribution in [-0.4, -0.2) is 42.3 Å². The lowest BCUT2D eigenvalue weighted by Crippen LogP contribution is -2.35. The summed E-state index contributed by atoms with van der Waals surface area (Å²) in [6, 6.07) is 8.87. The van der Waals surface area contributed by atoms with Crippen molar-refractivity contribution in [1.29, 1.82) is 0 Å². The van der Waals surface area contributed by atoms with Crippen LogP contribution in [-0.2, 0) is 9.53 Å². The van der Waals surface area contributed by atoms with Crippen LogP contribution < -0.4 is 0 Å². The average molecular weight is 371 g/mol. The van der Waals surface area contributed by atoms with Gasteiger partial charge in [0.1, 0.15) is 6.10 Å². The van der Waals surface area contributed by atoms with Crippen LogP contribution in [0, 0.1) is 0 Å². The zero-order valence-electron chi connectivity index (χ0n) is 15.6. The Morgan fingerprint density at radius 3 is 2.42 bits per heavy atom. The highest BCUT2D eigenvalue weighted by Crippen LogP contribution is 2.33. The van der Waals surface area contributed by atoms with E-state index in [1.54, 1.807) is 30.3 Å². The Hall–Kier alpha value is -1.56. The fourth-order valence-electron chi connectivity index (χ4n) is 3.59. The van der Waals surface area contributed by atoms with Gasteiger partial charge in [0.25, 0.3) is 0 Å². The molecular weight excluding hydrogens is 343 g/mol. The van der Waals surface area contributed by atoms with E-state index in [0.29, 0.717) is 30.5 Å². The quantitative estimate of drug-likeness (QED) is 0.638. The van der Waals surface area contributed by atoms with E-state index < -0.39 is 24.5 Å². The van der Waals surface area contributed by atoms with Crippen LogP contribution in [0.25, 0.3) is 0 Å². The van der Waals surface area contributed by atoms with Gasteiger partial charge in [-0.15, -0.1) is 0 Å². The maximum absolute atomic E-state index is 13.0. The number of likely N-dealkylation sites (tertiary alicyclic amines) is 1. The number of alkyl halides is 3. The Labute approximate surface area is 153 Å². The summed E-state index contributed by atoms with van der Waals surface area (Å²) in [4.78, 5) is 14.8. The molecule has 4 atom stereocenters. The van der Waals surface area contributed by atoms with E-state index in [9.17, 15) is 18.0 Å². The van der Waals surface area contributed by atoms with Gasteiger partial charge in [0.15, 0.2) is 0 Å². The van der Waals surface area contributed by atoms with Gasteiger partial charge in [-0.1, -0.05) is 37.3 Å². The molecular formula is C20H28F3NO2. The lowest BCUT2D eigenvalue weighted by atomic mass is 9.95. The predicted molar refractivity (Wildman–Crippen MR) is 94.9 cm³/mol. The van der Waals surface area contributed by atoms with Crippen molar-refractivity contribution in [2.75, 3.05) is 7.05 Å². The van der Waals surface area contributed by atoms with Crippen LogP contribution in [0.15, 0.2) is 30.3 Å². The smallest absolute Gasteiger partial charge is 0.390 e. The van der Waals surface area contributed by atoms with Gasteiger partial charge in [0, 0.05) is 12.1 Å². The molecule has 1 aromatic rings. The van der Waals surface area contributed by atoms with E-state index in [0.717, 1.165) is 12.8 Å². The lowest BCUT2D eigenvalue weighted by molar-refractivity contribution is -0.166. The molecule has 1 fully saturated rings. The van der Waals surface area contributed by atoms with Gasteiger partial charge in [-0.2, -0.15) is 13.2 Å². The minimum Gasteiger partial charge on any atom is -0.462 e.